The largest absolute Gasteiger partial charge is 0.453 e. The standard InChI is InChI=1S/C21H21N5O4S2/c1-21(2,3)32(28,29)15-10-6-8-13-17(15)18(25-19(23-13)30-11-16(22)27)26-20-24-12-7-4-5-9-14(12)31-20/h4-10H,11H2,1-3H3,(H2,22,27)(H,23,24,25,26). The molecule has 0 unspecified atom stereocenters. The van der Waals surface area contributed by atoms with Gasteiger partial charge in [0.25, 0.3) is 5.91 Å². The molecule has 0 aliphatic carbocycles. The molecule has 2 heterocycles. The maximum atomic E-state index is 13.3. The number of amides is 1. The minimum atomic E-state index is -3.73. The number of benzene rings is 2. The highest BCUT2D eigenvalue weighted by Crippen LogP contribution is 2.37. The molecule has 0 saturated carbocycles. The molecule has 11 heteroatoms. The molecule has 2 aromatic carbocycles. The van der Waals surface area contributed by atoms with Gasteiger partial charge in [0.05, 0.1) is 30.8 Å². The van der Waals surface area contributed by atoms with Crippen LogP contribution in [-0.4, -0.2) is 40.6 Å². The van der Waals surface area contributed by atoms with E-state index in [-0.39, 0.29) is 16.7 Å². The van der Waals surface area contributed by atoms with E-state index in [1.807, 2.05) is 24.3 Å². The van der Waals surface area contributed by atoms with Gasteiger partial charge < -0.3 is 15.8 Å². The number of thiazole rings is 1. The second kappa shape index (κ2) is 7.99. The van der Waals surface area contributed by atoms with Gasteiger partial charge in [0.2, 0.25) is 0 Å². The predicted octanol–water partition coefficient (Wildman–Crippen LogP) is 3.42. The molecule has 0 atom stereocenters. The Labute approximate surface area is 188 Å². The average molecular weight is 472 g/mol. The lowest BCUT2D eigenvalue weighted by atomic mass is 10.2. The number of para-hydroxylation sites is 1. The van der Waals surface area contributed by atoms with Crippen molar-refractivity contribution in [2.45, 2.75) is 30.4 Å². The highest BCUT2D eigenvalue weighted by atomic mass is 32.2. The number of sulfone groups is 1. The van der Waals surface area contributed by atoms with Crippen LogP contribution in [-0.2, 0) is 14.6 Å². The summed E-state index contributed by atoms with van der Waals surface area (Å²) < 4.78 is 31.9. The Morgan fingerprint density at radius 2 is 1.78 bits per heavy atom. The zero-order chi connectivity index (χ0) is 23.1. The Bertz CT molecular complexity index is 1410. The summed E-state index contributed by atoms with van der Waals surface area (Å²) in [5.41, 5.74) is 6.30. The maximum Gasteiger partial charge on any atom is 0.319 e. The van der Waals surface area contributed by atoms with E-state index >= 15 is 0 Å². The van der Waals surface area contributed by atoms with Crippen LogP contribution in [0.25, 0.3) is 21.1 Å². The van der Waals surface area contributed by atoms with Gasteiger partial charge >= 0.3 is 6.01 Å². The summed E-state index contributed by atoms with van der Waals surface area (Å²) in [5.74, 6) is -0.476. The van der Waals surface area contributed by atoms with Gasteiger partial charge in [0.15, 0.2) is 21.6 Å². The number of carbonyl (C=O) groups is 1. The van der Waals surface area contributed by atoms with E-state index < -0.39 is 27.1 Å². The number of fused-ring (bicyclic) bond motifs is 2. The van der Waals surface area contributed by atoms with Crippen molar-refractivity contribution in [1.29, 1.82) is 0 Å². The lowest BCUT2D eigenvalue weighted by Gasteiger charge is -2.21. The molecule has 0 saturated heterocycles. The molecular formula is C21H21N5O4S2. The summed E-state index contributed by atoms with van der Waals surface area (Å²) in [6, 6.07) is 12.3. The van der Waals surface area contributed by atoms with Gasteiger partial charge in [-0.1, -0.05) is 29.5 Å². The van der Waals surface area contributed by atoms with Crippen molar-refractivity contribution in [2.75, 3.05) is 11.9 Å². The summed E-state index contributed by atoms with van der Waals surface area (Å²) >= 11 is 1.40. The second-order valence-electron chi connectivity index (χ2n) is 7.99. The fourth-order valence-electron chi connectivity index (χ4n) is 3.00. The van der Waals surface area contributed by atoms with Crippen LogP contribution in [0.5, 0.6) is 6.01 Å². The average Bonchev–Trinajstić information content (AvgIpc) is 3.13. The predicted molar refractivity (Wildman–Crippen MR) is 124 cm³/mol. The number of nitrogens with two attached hydrogens (primary N) is 1. The first-order valence-corrected chi connectivity index (χ1v) is 12.0. The van der Waals surface area contributed by atoms with Gasteiger partial charge in [-0.15, -0.1) is 0 Å². The van der Waals surface area contributed by atoms with E-state index in [4.69, 9.17) is 10.5 Å². The van der Waals surface area contributed by atoms with Crippen LogP contribution in [0.15, 0.2) is 47.4 Å². The third-order valence-electron chi connectivity index (χ3n) is 4.62. The highest BCUT2D eigenvalue weighted by molar-refractivity contribution is 7.93. The van der Waals surface area contributed by atoms with Crippen LogP contribution in [0.3, 0.4) is 0 Å². The number of hydrogen-bond donors (Lipinski definition) is 2. The number of primary amides is 1. The van der Waals surface area contributed by atoms with Gasteiger partial charge in [0, 0.05) is 0 Å². The number of anilines is 2. The number of nitrogens with one attached hydrogen (secondary N) is 1. The minimum Gasteiger partial charge on any atom is -0.453 e. The zero-order valence-electron chi connectivity index (χ0n) is 17.6. The van der Waals surface area contributed by atoms with Crippen LogP contribution < -0.4 is 15.8 Å². The van der Waals surface area contributed by atoms with E-state index in [0.717, 1.165) is 10.2 Å². The fraction of sp³-hybridized carbons (Fsp3) is 0.238. The molecule has 0 aliphatic heterocycles. The van der Waals surface area contributed by atoms with Gasteiger partial charge in [-0.05, 0) is 45.0 Å². The number of aromatic nitrogens is 3. The smallest absolute Gasteiger partial charge is 0.319 e. The normalized spacial score (nSPS) is 12.2. The number of rotatable bonds is 6. The molecule has 1 amide bonds. The quantitative estimate of drug-likeness (QED) is 0.436. The lowest BCUT2D eigenvalue weighted by Crippen LogP contribution is -2.28. The monoisotopic (exact) mass is 471 g/mol. The summed E-state index contributed by atoms with van der Waals surface area (Å²) in [7, 11) is -3.73. The summed E-state index contributed by atoms with van der Waals surface area (Å²) in [5, 5.41) is 3.96. The highest BCUT2D eigenvalue weighted by Gasteiger charge is 2.33. The molecule has 0 fully saturated rings. The van der Waals surface area contributed by atoms with E-state index in [1.54, 1.807) is 32.9 Å². The number of hydrogen-bond acceptors (Lipinski definition) is 9. The molecule has 4 rings (SSSR count). The number of ether oxygens (including phenoxy) is 1. The maximum absolute atomic E-state index is 13.3. The van der Waals surface area contributed by atoms with Gasteiger partial charge in [0.1, 0.15) is 5.82 Å². The van der Waals surface area contributed by atoms with Gasteiger partial charge in [-0.2, -0.15) is 9.97 Å². The molecule has 0 radical (unpaired) electrons. The Morgan fingerprint density at radius 3 is 2.47 bits per heavy atom. The molecule has 4 aromatic rings. The summed E-state index contributed by atoms with van der Waals surface area (Å²) in [4.78, 5) is 24.4. The fourth-order valence-corrected chi connectivity index (χ4v) is 5.25. The van der Waals surface area contributed by atoms with Crippen LogP contribution in [0, 0.1) is 0 Å². The summed E-state index contributed by atoms with van der Waals surface area (Å²) in [6.45, 7) is 4.49. The van der Waals surface area contributed by atoms with Gasteiger partial charge in [-0.3, -0.25) is 4.79 Å². The van der Waals surface area contributed by atoms with Crippen LogP contribution >= 0.6 is 11.3 Å². The van der Waals surface area contributed by atoms with Crippen LogP contribution in [0.2, 0.25) is 0 Å². The van der Waals surface area contributed by atoms with Crippen molar-refractivity contribution >= 4 is 59.2 Å². The molecule has 166 valence electrons. The molecular weight excluding hydrogens is 450 g/mol. The SMILES string of the molecule is CC(C)(C)S(=O)(=O)c1cccc2nc(OCC(N)=O)nc(Nc3nc4ccccc4s3)c12. The topological polar surface area (TPSA) is 137 Å². The van der Waals surface area contributed by atoms with Crippen molar-refractivity contribution < 1.29 is 17.9 Å². The molecule has 0 spiro atoms. The first-order chi connectivity index (χ1) is 15.1. The van der Waals surface area contributed by atoms with E-state index in [0.29, 0.717) is 16.0 Å². The Balaban J connectivity index is 1.93. The Morgan fingerprint density at radius 1 is 1.06 bits per heavy atom. The Hall–Kier alpha value is -3.31. The first kappa shape index (κ1) is 21.9. The number of carbonyl (C=O) groups excluding carboxylic acids is 1. The Kier molecular flexibility index (Phi) is 5.47. The second-order valence-corrected chi connectivity index (χ2v) is 11.7. The van der Waals surface area contributed by atoms with Crippen LogP contribution in [0.4, 0.5) is 10.9 Å². The third kappa shape index (κ3) is 4.08. The molecule has 3 N–H and O–H groups in total. The van der Waals surface area contributed by atoms with Crippen LogP contribution in [0.1, 0.15) is 20.8 Å². The van der Waals surface area contributed by atoms with E-state index in [9.17, 15) is 13.2 Å². The van der Waals surface area contributed by atoms with Crippen molar-refractivity contribution in [3.8, 4) is 6.01 Å². The van der Waals surface area contributed by atoms with E-state index in [2.05, 4.69) is 20.3 Å². The minimum absolute atomic E-state index is 0.0903. The lowest BCUT2D eigenvalue weighted by molar-refractivity contribution is -0.120. The molecule has 2 aromatic heterocycles. The molecule has 32 heavy (non-hydrogen) atoms. The number of nitrogens with zero attached hydrogens (tertiary/aromatic N) is 3. The first-order valence-electron chi connectivity index (χ1n) is 9.65. The van der Waals surface area contributed by atoms with Crippen molar-refractivity contribution in [2.24, 2.45) is 5.73 Å². The summed E-state index contributed by atoms with van der Waals surface area (Å²) in [6.07, 6.45) is 0. The van der Waals surface area contributed by atoms with E-state index in [1.165, 1.54) is 17.4 Å². The third-order valence-corrected chi connectivity index (χ3v) is 8.11. The van der Waals surface area contributed by atoms with Crippen molar-refractivity contribution in [3.63, 3.8) is 0 Å². The molecule has 0 aliphatic rings. The van der Waals surface area contributed by atoms with Gasteiger partial charge in [-0.25, -0.2) is 13.4 Å². The molecule has 0 bridgehead atoms. The van der Waals surface area contributed by atoms with Crippen molar-refractivity contribution in [3.05, 3.63) is 42.5 Å². The molecule has 9 nitrogen and oxygen atoms in total. The van der Waals surface area contributed by atoms with Crippen molar-refractivity contribution in [1.82, 2.24) is 15.0 Å². The zero-order valence-corrected chi connectivity index (χ0v) is 19.3.